The number of esters is 1. The number of hydrogen-bond donors (Lipinski definition) is 1. The summed E-state index contributed by atoms with van der Waals surface area (Å²) in [5, 5.41) is 24.0. The molecule has 11 nitrogen and oxygen atoms in total. The normalized spacial score (nSPS) is 10.4. The number of nitro groups is 1. The van der Waals surface area contributed by atoms with Crippen molar-refractivity contribution in [2.75, 3.05) is 13.2 Å². The van der Waals surface area contributed by atoms with Crippen molar-refractivity contribution in [2.45, 2.75) is 0 Å². The van der Waals surface area contributed by atoms with E-state index >= 15 is 0 Å². The van der Waals surface area contributed by atoms with Crippen molar-refractivity contribution in [1.29, 1.82) is 0 Å². The number of hydrogen-bond acceptors (Lipinski definition) is 8. The predicted molar refractivity (Wildman–Crippen MR) is 99.9 cm³/mol. The molecular weight excluding hydrogens is 404 g/mol. The number of ether oxygens (including phenoxy) is 1. The van der Waals surface area contributed by atoms with Gasteiger partial charge in [0.15, 0.2) is 0 Å². The second-order valence-electron chi connectivity index (χ2n) is 5.62. The molecule has 0 unspecified atom stereocenters. The third kappa shape index (κ3) is 4.90. The number of amides is 1. The van der Waals surface area contributed by atoms with E-state index in [0.717, 1.165) is 6.07 Å². The molecule has 1 amide bonds. The lowest BCUT2D eigenvalue weighted by Gasteiger charge is -2.08. The number of aromatic nitrogens is 4. The first-order valence-corrected chi connectivity index (χ1v) is 8.56. The Bertz CT molecular complexity index is 1060. The first-order valence-electron chi connectivity index (χ1n) is 8.18. The summed E-state index contributed by atoms with van der Waals surface area (Å²) in [5.41, 5.74) is 0.746. The van der Waals surface area contributed by atoms with Crippen LogP contribution in [0.1, 0.15) is 20.7 Å². The fraction of sp³-hybridized carbons (Fsp3) is 0.118. The molecule has 0 saturated heterocycles. The number of carbonyl (C=O) groups is 2. The molecule has 2 aromatic carbocycles. The number of nitrogens with one attached hydrogen (secondary N) is 1. The summed E-state index contributed by atoms with van der Waals surface area (Å²) >= 11 is 5.90. The van der Waals surface area contributed by atoms with E-state index in [4.69, 9.17) is 16.3 Å². The molecule has 0 aliphatic heterocycles. The smallest absolute Gasteiger partial charge is 0.338 e. The largest absolute Gasteiger partial charge is 0.460 e. The van der Waals surface area contributed by atoms with Gasteiger partial charge >= 0.3 is 5.97 Å². The van der Waals surface area contributed by atoms with Gasteiger partial charge < -0.3 is 10.1 Å². The van der Waals surface area contributed by atoms with Gasteiger partial charge in [0.1, 0.15) is 12.9 Å². The number of halogens is 1. The number of non-ortho nitro benzene ring substituents is 1. The minimum Gasteiger partial charge on any atom is -0.460 e. The number of nitrogens with zero attached hydrogens (tertiary/aromatic N) is 5. The van der Waals surface area contributed by atoms with E-state index in [-0.39, 0.29) is 29.4 Å². The van der Waals surface area contributed by atoms with Crippen LogP contribution < -0.4 is 5.32 Å². The van der Waals surface area contributed by atoms with Crippen LogP contribution >= 0.6 is 11.6 Å². The van der Waals surface area contributed by atoms with Gasteiger partial charge in [-0.25, -0.2) is 9.48 Å². The zero-order valence-corrected chi connectivity index (χ0v) is 15.4. The van der Waals surface area contributed by atoms with Crippen molar-refractivity contribution < 1.29 is 19.2 Å². The summed E-state index contributed by atoms with van der Waals surface area (Å²) < 4.78 is 6.52. The standard InChI is InChI=1S/C17H13ClN6O5/c18-15-9-13(24(27)28)4-5-14(15)16(25)19-6-7-29-17(26)11-2-1-3-12(8-11)23-10-20-21-22-23/h1-5,8-10H,6-7H2,(H,19,25). The summed E-state index contributed by atoms with van der Waals surface area (Å²) in [5.74, 6) is -1.12. The lowest BCUT2D eigenvalue weighted by Crippen LogP contribution is -2.28. The van der Waals surface area contributed by atoms with Crippen LogP contribution in [0, 0.1) is 10.1 Å². The Balaban J connectivity index is 1.52. The molecule has 1 heterocycles. The maximum absolute atomic E-state index is 12.2. The Morgan fingerprint density at radius 1 is 1.24 bits per heavy atom. The van der Waals surface area contributed by atoms with Crippen molar-refractivity contribution >= 4 is 29.2 Å². The topological polar surface area (TPSA) is 142 Å². The van der Waals surface area contributed by atoms with Crippen molar-refractivity contribution in [2.24, 2.45) is 0 Å². The van der Waals surface area contributed by atoms with Crippen LogP contribution in [0.5, 0.6) is 0 Å². The average Bonchev–Trinajstić information content (AvgIpc) is 3.25. The molecule has 0 saturated carbocycles. The van der Waals surface area contributed by atoms with Gasteiger partial charge in [-0.2, -0.15) is 0 Å². The lowest BCUT2D eigenvalue weighted by atomic mass is 10.2. The highest BCUT2D eigenvalue weighted by atomic mass is 35.5. The fourth-order valence-electron chi connectivity index (χ4n) is 2.34. The monoisotopic (exact) mass is 416 g/mol. The molecule has 0 bridgehead atoms. The lowest BCUT2D eigenvalue weighted by molar-refractivity contribution is -0.384. The molecule has 0 aliphatic carbocycles. The van der Waals surface area contributed by atoms with E-state index in [0.29, 0.717) is 11.3 Å². The van der Waals surface area contributed by atoms with Crippen LogP contribution in [0.2, 0.25) is 5.02 Å². The van der Waals surface area contributed by atoms with E-state index in [1.807, 2.05) is 0 Å². The Labute approximate surface area is 168 Å². The molecule has 12 heteroatoms. The van der Waals surface area contributed by atoms with Gasteiger partial charge in [-0.15, -0.1) is 5.10 Å². The number of benzene rings is 2. The van der Waals surface area contributed by atoms with Crippen molar-refractivity contribution in [1.82, 2.24) is 25.5 Å². The zero-order chi connectivity index (χ0) is 20.8. The minimum atomic E-state index is -0.610. The maximum atomic E-state index is 12.2. The summed E-state index contributed by atoms with van der Waals surface area (Å²) in [7, 11) is 0. The van der Waals surface area contributed by atoms with E-state index < -0.39 is 16.8 Å². The van der Waals surface area contributed by atoms with Gasteiger partial charge in [0.05, 0.1) is 33.3 Å². The van der Waals surface area contributed by atoms with Gasteiger partial charge in [0.2, 0.25) is 0 Å². The molecule has 0 radical (unpaired) electrons. The number of carbonyl (C=O) groups excluding carboxylic acids is 2. The van der Waals surface area contributed by atoms with Crippen molar-refractivity contribution in [3.05, 3.63) is 75.1 Å². The van der Waals surface area contributed by atoms with E-state index in [1.54, 1.807) is 24.3 Å². The molecule has 3 rings (SSSR count). The summed E-state index contributed by atoms with van der Waals surface area (Å²) in [6.45, 7) is -0.0468. The Kier molecular flexibility index (Phi) is 6.09. The molecule has 148 valence electrons. The number of rotatable bonds is 7. The molecule has 29 heavy (non-hydrogen) atoms. The Morgan fingerprint density at radius 2 is 2.07 bits per heavy atom. The van der Waals surface area contributed by atoms with E-state index in [1.165, 1.54) is 23.1 Å². The number of tetrazole rings is 1. The molecule has 0 atom stereocenters. The Morgan fingerprint density at radius 3 is 2.76 bits per heavy atom. The van der Waals surface area contributed by atoms with E-state index in [2.05, 4.69) is 20.8 Å². The molecule has 3 aromatic rings. The van der Waals surface area contributed by atoms with Crippen LogP contribution in [-0.2, 0) is 4.74 Å². The fourth-order valence-corrected chi connectivity index (χ4v) is 2.60. The predicted octanol–water partition coefficient (Wildman–Crippen LogP) is 1.81. The molecule has 0 aliphatic rings. The van der Waals surface area contributed by atoms with E-state index in [9.17, 15) is 19.7 Å². The van der Waals surface area contributed by atoms with Crippen molar-refractivity contribution in [3.63, 3.8) is 0 Å². The Hall–Kier alpha value is -3.86. The minimum absolute atomic E-state index is 0.0323. The highest BCUT2D eigenvalue weighted by molar-refractivity contribution is 6.34. The van der Waals surface area contributed by atoms with Crippen LogP contribution in [0.4, 0.5) is 5.69 Å². The first-order chi connectivity index (χ1) is 14.0. The molecule has 0 spiro atoms. The maximum Gasteiger partial charge on any atom is 0.338 e. The third-order valence-electron chi connectivity index (χ3n) is 3.72. The quantitative estimate of drug-likeness (QED) is 0.266. The first kappa shape index (κ1) is 19.9. The summed E-state index contributed by atoms with van der Waals surface area (Å²) in [4.78, 5) is 34.4. The van der Waals surface area contributed by atoms with Crippen molar-refractivity contribution in [3.8, 4) is 5.69 Å². The van der Waals surface area contributed by atoms with Crippen LogP contribution in [0.3, 0.4) is 0 Å². The second kappa shape index (κ2) is 8.89. The highest BCUT2D eigenvalue weighted by Gasteiger charge is 2.15. The van der Waals surface area contributed by atoms with Crippen LogP contribution in [0.15, 0.2) is 48.8 Å². The van der Waals surface area contributed by atoms with Gasteiger partial charge in [-0.3, -0.25) is 14.9 Å². The second-order valence-corrected chi connectivity index (χ2v) is 6.03. The summed E-state index contributed by atoms with van der Waals surface area (Å²) in [6.07, 6.45) is 1.39. The highest BCUT2D eigenvalue weighted by Crippen LogP contribution is 2.22. The SMILES string of the molecule is O=C(OCCNC(=O)c1ccc([N+](=O)[O-])cc1Cl)c1cccc(-n2cnnn2)c1. The van der Waals surface area contributed by atoms with Gasteiger partial charge in [0.25, 0.3) is 11.6 Å². The van der Waals surface area contributed by atoms with Gasteiger partial charge in [0, 0.05) is 12.1 Å². The van der Waals surface area contributed by atoms with Gasteiger partial charge in [-0.05, 0) is 34.7 Å². The molecular formula is C17H13ClN6O5. The summed E-state index contributed by atoms with van der Waals surface area (Å²) in [6, 6.07) is 10.0. The molecule has 1 N–H and O–H groups in total. The average molecular weight is 417 g/mol. The molecule has 0 fully saturated rings. The molecule has 1 aromatic heterocycles. The zero-order valence-electron chi connectivity index (χ0n) is 14.7. The van der Waals surface area contributed by atoms with Crippen LogP contribution in [-0.4, -0.2) is 50.2 Å². The van der Waals surface area contributed by atoms with Gasteiger partial charge in [-0.1, -0.05) is 17.7 Å². The van der Waals surface area contributed by atoms with Crippen LogP contribution in [0.25, 0.3) is 5.69 Å². The number of nitro benzene ring substituents is 1. The third-order valence-corrected chi connectivity index (χ3v) is 4.04.